The summed E-state index contributed by atoms with van der Waals surface area (Å²) < 4.78 is 0. The zero-order valence-electron chi connectivity index (χ0n) is 9.14. The highest BCUT2D eigenvalue weighted by molar-refractivity contribution is 8.00. The van der Waals surface area contributed by atoms with E-state index in [1.165, 1.54) is 4.90 Å². The van der Waals surface area contributed by atoms with Crippen LogP contribution in [0.1, 0.15) is 13.8 Å². The first kappa shape index (κ1) is 11.5. The van der Waals surface area contributed by atoms with Crippen LogP contribution in [0.2, 0.25) is 0 Å². The van der Waals surface area contributed by atoms with Gasteiger partial charge in [0, 0.05) is 5.75 Å². The minimum atomic E-state index is -1.03. The van der Waals surface area contributed by atoms with E-state index in [-0.39, 0.29) is 22.9 Å². The normalized spacial score (nSPS) is 29.2. The van der Waals surface area contributed by atoms with Crippen molar-refractivity contribution in [3.05, 3.63) is 11.3 Å². The number of nitrogens with zero attached hydrogens (tertiary/aromatic N) is 1. The highest BCUT2D eigenvalue weighted by Crippen LogP contribution is 2.41. The molecule has 2 atom stereocenters. The van der Waals surface area contributed by atoms with Crippen molar-refractivity contribution in [3.63, 3.8) is 0 Å². The number of carbonyl (C=O) groups excluding carboxylic acids is 1. The number of carbonyl (C=O) groups is 2. The van der Waals surface area contributed by atoms with Gasteiger partial charge in [-0.3, -0.25) is 9.69 Å². The Balaban J connectivity index is 2.42. The molecule has 2 rings (SSSR count). The quantitative estimate of drug-likeness (QED) is 0.677. The molecule has 88 valence electrons. The first-order valence-electron chi connectivity index (χ1n) is 5.11. The number of carboxylic acids is 1. The Bertz CT molecular complexity index is 392. The third-order valence-electron chi connectivity index (χ3n) is 2.94. The summed E-state index contributed by atoms with van der Waals surface area (Å²) in [6.45, 7) is 3.87. The average molecular weight is 242 g/mol. The van der Waals surface area contributed by atoms with E-state index in [4.69, 9.17) is 5.73 Å². The molecular formula is C10H14N2O3S. The fraction of sp³-hybridized carbons (Fsp3) is 0.600. The molecule has 16 heavy (non-hydrogen) atoms. The number of hydrogen-bond acceptors (Lipinski definition) is 4. The first-order valence-corrected chi connectivity index (χ1v) is 6.16. The van der Waals surface area contributed by atoms with E-state index in [1.54, 1.807) is 11.8 Å². The van der Waals surface area contributed by atoms with Crippen molar-refractivity contribution < 1.29 is 14.7 Å². The number of hydrogen-bond donors (Lipinski definition) is 2. The Labute approximate surface area is 97.7 Å². The summed E-state index contributed by atoms with van der Waals surface area (Å²) >= 11 is 1.54. The Morgan fingerprint density at radius 3 is 2.75 bits per heavy atom. The molecule has 1 amide bonds. The predicted molar refractivity (Wildman–Crippen MR) is 60.6 cm³/mol. The van der Waals surface area contributed by atoms with Crippen LogP contribution in [0.3, 0.4) is 0 Å². The van der Waals surface area contributed by atoms with Crippen LogP contribution in [-0.2, 0) is 9.59 Å². The van der Waals surface area contributed by atoms with Gasteiger partial charge in [0.25, 0.3) is 0 Å². The third kappa shape index (κ3) is 1.44. The lowest BCUT2D eigenvalue weighted by Crippen LogP contribution is -2.68. The minimum absolute atomic E-state index is 0.129. The molecule has 0 aromatic carbocycles. The fourth-order valence-corrected chi connectivity index (χ4v) is 3.48. The van der Waals surface area contributed by atoms with Crippen LogP contribution >= 0.6 is 11.8 Å². The van der Waals surface area contributed by atoms with Crippen LogP contribution in [0.15, 0.2) is 11.3 Å². The van der Waals surface area contributed by atoms with Gasteiger partial charge in [-0.1, -0.05) is 13.8 Å². The summed E-state index contributed by atoms with van der Waals surface area (Å²) in [5.74, 6) is -0.548. The van der Waals surface area contributed by atoms with E-state index < -0.39 is 12.0 Å². The fourth-order valence-electron chi connectivity index (χ4n) is 1.98. The number of aliphatic carboxylic acids is 1. The summed E-state index contributed by atoms with van der Waals surface area (Å²) in [7, 11) is 0. The number of nitrogens with two attached hydrogens (primary N) is 1. The highest BCUT2D eigenvalue weighted by Gasteiger charge is 2.51. The molecule has 0 saturated carbocycles. The lowest BCUT2D eigenvalue weighted by molar-refractivity contribution is -0.148. The van der Waals surface area contributed by atoms with Gasteiger partial charge in [0.05, 0.1) is 0 Å². The van der Waals surface area contributed by atoms with Gasteiger partial charge in [-0.25, -0.2) is 4.79 Å². The molecule has 1 fully saturated rings. The largest absolute Gasteiger partial charge is 0.477 e. The number of thioether (sulfide) groups is 1. The maximum absolute atomic E-state index is 11.6. The van der Waals surface area contributed by atoms with Crippen molar-refractivity contribution in [2.75, 3.05) is 5.75 Å². The van der Waals surface area contributed by atoms with E-state index in [1.807, 2.05) is 13.8 Å². The van der Waals surface area contributed by atoms with Gasteiger partial charge in [0.15, 0.2) is 0 Å². The maximum atomic E-state index is 11.6. The van der Waals surface area contributed by atoms with Crippen molar-refractivity contribution in [1.82, 2.24) is 4.90 Å². The van der Waals surface area contributed by atoms with E-state index >= 15 is 0 Å². The number of fused-ring (bicyclic) bond motifs is 1. The molecule has 2 aliphatic heterocycles. The van der Waals surface area contributed by atoms with Gasteiger partial charge in [-0.15, -0.1) is 11.8 Å². The summed E-state index contributed by atoms with van der Waals surface area (Å²) in [6, 6.07) is -0.548. The molecule has 5 nitrogen and oxygen atoms in total. The predicted octanol–water partition coefficient (Wildman–Crippen LogP) is 0.224. The van der Waals surface area contributed by atoms with Crippen LogP contribution < -0.4 is 5.73 Å². The van der Waals surface area contributed by atoms with Gasteiger partial charge in [0.2, 0.25) is 5.91 Å². The van der Waals surface area contributed by atoms with E-state index in [2.05, 4.69) is 0 Å². The van der Waals surface area contributed by atoms with Crippen LogP contribution in [-0.4, -0.2) is 39.1 Å². The molecule has 0 aromatic heterocycles. The topological polar surface area (TPSA) is 83.6 Å². The van der Waals surface area contributed by atoms with Crippen molar-refractivity contribution in [2.24, 2.45) is 11.7 Å². The summed E-state index contributed by atoms with van der Waals surface area (Å²) in [6.07, 6.45) is 0. The number of β-lactam (4-membered cyclic amide) rings is 1. The van der Waals surface area contributed by atoms with Crippen LogP contribution in [0.25, 0.3) is 0 Å². The summed E-state index contributed by atoms with van der Waals surface area (Å²) in [5, 5.41) is 8.99. The van der Waals surface area contributed by atoms with E-state index in [0.29, 0.717) is 5.75 Å². The second-order valence-electron chi connectivity index (χ2n) is 4.27. The van der Waals surface area contributed by atoms with Gasteiger partial charge in [-0.2, -0.15) is 0 Å². The molecule has 0 spiro atoms. The molecule has 2 heterocycles. The third-order valence-corrected chi connectivity index (χ3v) is 4.26. The van der Waals surface area contributed by atoms with Crippen molar-refractivity contribution in [1.29, 1.82) is 0 Å². The monoisotopic (exact) mass is 242 g/mol. The summed E-state index contributed by atoms with van der Waals surface area (Å²) in [5.41, 5.74) is 6.59. The van der Waals surface area contributed by atoms with E-state index in [0.717, 1.165) is 5.57 Å². The molecule has 0 bridgehead atoms. The van der Waals surface area contributed by atoms with E-state index in [9.17, 15) is 14.7 Å². The lowest BCUT2D eigenvalue weighted by Gasteiger charge is -2.48. The molecule has 1 unspecified atom stereocenters. The number of carboxylic acid groups (broad SMARTS) is 1. The molecule has 0 radical (unpaired) electrons. The summed E-state index contributed by atoms with van der Waals surface area (Å²) in [4.78, 5) is 24.1. The lowest BCUT2D eigenvalue weighted by atomic mass is 9.97. The number of amides is 1. The number of rotatable bonds is 2. The SMILES string of the molecule is CC(C)C1=C(C(=O)O)N2C(=O)C(N)[C@@H]2SC1. The Morgan fingerprint density at radius 2 is 2.25 bits per heavy atom. The second kappa shape index (κ2) is 3.78. The van der Waals surface area contributed by atoms with Gasteiger partial charge >= 0.3 is 5.97 Å². The van der Waals surface area contributed by atoms with Crippen LogP contribution in [0, 0.1) is 5.92 Å². The van der Waals surface area contributed by atoms with Gasteiger partial charge in [-0.05, 0) is 11.5 Å². The molecule has 0 aromatic rings. The molecular weight excluding hydrogens is 228 g/mol. The van der Waals surface area contributed by atoms with Crippen molar-refractivity contribution >= 4 is 23.6 Å². The Kier molecular flexibility index (Phi) is 2.71. The minimum Gasteiger partial charge on any atom is -0.477 e. The average Bonchev–Trinajstić information content (AvgIpc) is 2.25. The molecule has 2 aliphatic rings. The zero-order valence-corrected chi connectivity index (χ0v) is 9.95. The molecule has 6 heteroatoms. The highest BCUT2D eigenvalue weighted by atomic mass is 32.2. The van der Waals surface area contributed by atoms with Gasteiger partial charge < -0.3 is 10.8 Å². The Morgan fingerprint density at radius 1 is 1.62 bits per heavy atom. The second-order valence-corrected chi connectivity index (χ2v) is 5.37. The molecule has 3 N–H and O–H groups in total. The standard InChI is InChI=1S/C10H14N2O3S/c1-4(2)5-3-16-9-6(11)8(13)12(9)7(5)10(14)15/h4,6,9H,3,11H2,1-2H3,(H,14,15)/t6?,9-/m0/s1. The van der Waals surface area contributed by atoms with Gasteiger partial charge in [0.1, 0.15) is 17.1 Å². The van der Waals surface area contributed by atoms with Crippen molar-refractivity contribution in [3.8, 4) is 0 Å². The maximum Gasteiger partial charge on any atom is 0.352 e. The van der Waals surface area contributed by atoms with Crippen LogP contribution in [0.4, 0.5) is 0 Å². The van der Waals surface area contributed by atoms with Crippen LogP contribution in [0.5, 0.6) is 0 Å². The first-order chi connectivity index (χ1) is 7.45. The smallest absolute Gasteiger partial charge is 0.352 e. The van der Waals surface area contributed by atoms with Crippen molar-refractivity contribution in [2.45, 2.75) is 25.3 Å². The Hall–Kier alpha value is -1.01. The zero-order chi connectivity index (χ0) is 12.0. The molecule has 1 saturated heterocycles. The molecule has 0 aliphatic carbocycles.